The number of likely N-dealkylation sites (N-methyl/N-ethyl adjacent to an activating group) is 1. The van der Waals surface area contributed by atoms with Gasteiger partial charge in [-0.05, 0) is 26.3 Å². The van der Waals surface area contributed by atoms with Crippen LogP contribution in [0.3, 0.4) is 0 Å². The van der Waals surface area contributed by atoms with E-state index in [4.69, 9.17) is 4.98 Å². The van der Waals surface area contributed by atoms with Crippen molar-refractivity contribution >= 4 is 0 Å². The number of imidazole rings is 1. The molecule has 3 heteroatoms. The lowest BCUT2D eigenvalue weighted by molar-refractivity contribution is 0.462. The summed E-state index contributed by atoms with van der Waals surface area (Å²) in [6.07, 6.45) is 3.81. The van der Waals surface area contributed by atoms with Crippen molar-refractivity contribution in [2.24, 2.45) is 0 Å². The molecule has 1 aromatic rings. The van der Waals surface area contributed by atoms with Gasteiger partial charge in [-0.15, -0.1) is 0 Å². The Labute approximate surface area is 111 Å². The molecule has 0 saturated heterocycles. The van der Waals surface area contributed by atoms with Crippen molar-refractivity contribution in [1.29, 1.82) is 0 Å². The normalized spacial score (nSPS) is 16.1. The van der Waals surface area contributed by atoms with Crippen LogP contribution in [-0.4, -0.2) is 23.1 Å². The molecule has 0 fully saturated rings. The van der Waals surface area contributed by atoms with Gasteiger partial charge >= 0.3 is 0 Å². The van der Waals surface area contributed by atoms with Crippen molar-refractivity contribution in [3.8, 4) is 0 Å². The SMILES string of the molecule is CNCC(C)(C)c1nc(C(C)C)n2c1CCCC2. The number of rotatable bonds is 4. The summed E-state index contributed by atoms with van der Waals surface area (Å²) in [5, 5.41) is 3.30. The van der Waals surface area contributed by atoms with Crippen LogP contribution in [0.2, 0.25) is 0 Å². The third kappa shape index (κ3) is 2.33. The van der Waals surface area contributed by atoms with Gasteiger partial charge in [0, 0.05) is 30.1 Å². The third-order valence-electron chi connectivity index (χ3n) is 3.92. The monoisotopic (exact) mass is 249 g/mol. The van der Waals surface area contributed by atoms with Crippen molar-refractivity contribution < 1.29 is 0 Å². The van der Waals surface area contributed by atoms with Crippen LogP contribution >= 0.6 is 0 Å². The van der Waals surface area contributed by atoms with Gasteiger partial charge < -0.3 is 9.88 Å². The Bertz CT molecular complexity index is 416. The molecule has 0 unspecified atom stereocenters. The first-order chi connectivity index (χ1) is 8.47. The molecule has 0 spiro atoms. The van der Waals surface area contributed by atoms with Gasteiger partial charge in [-0.25, -0.2) is 4.98 Å². The molecule has 1 N–H and O–H groups in total. The number of nitrogens with zero attached hydrogens (tertiary/aromatic N) is 2. The zero-order chi connectivity index (χ0) is 13.3. The zero-order valence-corrected chi connectivity index (χ0v) is 12.5. The minimum Gasteiger partial charge on any atom is -0.332 e. The molecule has 18 heavy (non-hydrogen) atoms. The molecule has 0 saturated carbocycles. The molecular formula is C15H27N3. The Hall–Kier alpha value is -0.830. The Morgan fingerprint density at radius 3 is 2.67 bits per heavy atom. The van der Waals surface area contributed by atoms with E-state index in [0.717, 1.165) is 13.1 Å². The van der Waals surface area contributed by atoms with E-state index in [-0.39, 0.29) is 5.41 Å². The molecule has 0 amide bonds. The number of hydrogen-bond acceptors (Lipinski definition) is 2. The molecule has 3 nitrogen and oxygen atoms in total. The lowest BCUT2D eigenvalue weighted by atomic mass is 9.86. The standard InChI is InChI=1S/C15H27N3/c1-11(2)14-17-13(15(3,4)10-16-5)12-8-6-7-9-18(12)14/h11,16H,6-10H2,1-5H3. The number of fused-ring (bicyclic) bond motifs is 1. The smallest absolute Gasteiger partial charge is 0.111 e. The molecular weight excluding hydrogens is 222 g/mol. The quantitative estimate of drug-likeness (QED) is 0.889. The van der Waals surface area contributed by atoms with Crippen LogP contribution in [0.25, 0.3) is 0 Å². The van der Waals surface area contributed by atoms with E-state index in [1.54, 1.807) is 0 Å². The fourth-order valence-electron chi connectivity index (χ4n) is 3.08. The van der Waals surface area contributed by atoms with E-state index in [0.29, 0.717) is 5.92 Å². The zero-order valence-electron chi connectivity index (χ0n) is 12.5. The average molecular weight is 249 g/mol. The number of hydrogen-bond donors (Lipinski definition) is 1. The predicted octanol–water partition coefficient (Wildman–Crippen LogP) is 2.84. The lowest BCUT2D eigenvalue weighted by Gasteiger charge is -2.25. The summed E-state index contributed by atoms with van der Waals surface area (Å²) in [5.41, 5.74) is 2.93. The Balaban J connectivity index is 2.48. The molecule has 1 aliphatic rings. The highest BCUT2D eigenvalue weighted by molar-refractivity contribution is 5.27. The Morgan fingerprint density at radius 1 is 1.33 bits per heavy atom. The lowest BCUT2D eigenvalue weighted by Crippen LogP contribution is -2.32. The minimum absolute atomic E-state index is 0.121. The highest BCUT2D eigenvalue weighted by Crippen LogP contribution is 2.32. The van der Waals surface area contributed by atoms with Crippen molar-refractivity contribution in [1.82, 2.24) is 14.9 Å². The van der Waals surface area contributed by atoms with Crippen LogP contribution in [-0.2, 0) is 18.4 Å². The van der Waals surface area contributed by atoms with E-state index in [2.05, 4.69) is 37.6 Å². The molecule has 0 atom stereocenters. The van der Waals surface area contributed by atoms with Crippen molar-refractivity contribution in [2.45, 2.75) is 64.8 Å². The first-order valence-corrected chi connectivity index (χ1v) is 7.21. The van der Waals surface area contributed by atoms with Crippen molar-refractivity contribution in [3.63, 3.8) is 0 Å². The molecule has 0 radical (unpaired) electrons. The van der Waals surface area contributed by atoms with Crippen LogP contribution in [0.4, 0.5) is 0 Å². The maximum atomic E-state index is 5.00. The summed E-state index contributed by atoms with van der Waals surface area (Å²) in [5.74, 6) is 1.80. The van der Waals surface area contributed by atoms with Crippen molar-refractivity contribution in [3.05, 3.63) is 17.2 Å². The topological polar surface area (TPSA) is 29.9 Å². The van der Waals surface area contributed by atoms with Crippen LogP contribution in [0, 0.1) is 0 Å². The molecule has 0 aliphatic carbocycles. The van der Waals surface area contributed by atoms with Gasteiger partial charge in [0.15, 0.2) is 0 Å². The van der Waals surface area contributed by atoms with E-state index >= 15 is 0 Å². The largest absolute Gasteiger partial charge is 0.332 e. The molecule has 2 rings (SSSR count). The highest BCUT2D eigenvalue weighted by Gasteiger charge is 2.30. The molecule has 0 bridgehead atoms. The van der Waals surface area contributed by atoms with Crippen LogP contribution < -0.4 is 5.32 Å². The number of aromatic nitrogens is 2. The summed E-state index contributed by atoms with van der Waals surface area (Å²) in [6, 6.07) is 0. The maximum absolute atomic E-state index is 5.00. The fraction of sp³-hybridized carbons (Fsp3) is 0.800. The van der Waals surface area contributed by atoms with Crippen LogP contribution in [0.5, 0.6) is 0 Å². The van der Waals surface area contributed by atoms with Crippen LogP contribution in [0.1, 0.15) is 63.7 Å². The first kappa shape index (κ1) is 13.6. The van der Waals surface area contributed by atoms with Gasteiger partial charge in [-0.3, -0.25) is 0 Å². The molecule has 1 aliphatic heterocycles. The first-order valence-electron chi connectivity index (χ1n) is 7.21. The van der Waals surface area contributed by atoms with E-state index in [9.17, 15) is 0 Å². The summed E-state index contributed by atoms with van der Waals surface area (Å²) in [6.45, 7) is 11.2. The van der Waals surface area contributed by atoms with Crippen molar-refractivity contribution in [2.75, 3.05) is 13.6 Å². The molecule has 2 heterocycles. The van der Waals surface area contributed by atoms with Crippen LogP contribution in [0.15, 0.2) is 0 Å². The second kappa shape index (κ2) is 5.04. The van der Waals surface area contributed by atoms with Gasteiger partial charge in [0.1, 0.15) is 5.82 Å². The highest BCUT2D eigenvalue weighted by atomic mass is 15.1. The predicted molar refractivity (Wildman–Crippen MR) is 76.2 cm³/mol. The fourth-order valence-corrected chi connectivity index (χ4v) is 3.08. The van der Waals surface area contributed by atoms with E-state index < -0.39 is 0 Å². The van der Waals surface area contributed by atoms with Gasteiger partial charge in [0.25, 0.3) is 0 Å². The van der Waals surface area contributed by atoms with Gasteiger partial charge in [0.2, 0.25) is 0 Å². The van der Waals surface area contributed by atoms with Gasteiger partial charge in [0.05, 0.1) is 5.69 Å². The van der Waals surface area contributed by atoms with E-state index in [1.807, 2.05) is 7.05 Å². The average Bonchev–Trinajstić information content (AvgIpc) is 2.69. The summed E-state index contributed by atoms with van der Waals surface area (Å²) >= 11 is 0. The maximum Gasteiger partial charge on any atom is 0.111 e. The minimum atomic E-state index is 0.121. The van der Waals surface area contributed by atoms with E-state index in [1.165, 1.54) is 36.5 Å². The Morgan fingerprint density at radius 2 is 2.06 bits per heavy atom. The molecule has 1 aromatic heterocycles. The Kier molecular flexibility index (Phi) is 3.81. The summed E-state index contributed by atoms with van der Waals surface area (Å²) < 4.78 is 2.49. The van der Waals surface area contributed by atoms with Gasteiger partial charge in [-0.2, -0.15) is 0 Å². The second-order valence-corrected chi connectivity index (χ2v) is 6.44. The number of nitrogens with one attached hydrogen (secondary N) is 1. The summed E-state index contributed by atoms with van der Waals surface area (Å²) in [4.78, 5) is 5.00. The molecule has 102 valence electrons. The summed E-state index contributed by atoms with van der Waals surface area (Å²) in [7, 11) is 2.02. The third-order valence-corrected chi connectivity index (χ3v) is 3.92. The second-order valence-electron chi connectivity index (χ2n) is 6.44. The molecule has 0 aromatic carbocycles. The van der Waals surface area contributed by atoms with Gasteiger partial charge in [-0.1, -0.05) is 27.7 Å².